The van der Waals surface area contributed by atoms with E-state index < -0.39 is 35.4 Å². The van der Waals surface area contributed by atoms with Crippen molar-refractivity contribution in [1.29, 1.82) is 0 Å². The highest BCUT2D eigenvalue weighted by Gasteiger charge is 2.29. The minimum atomic E-state index is -2.50. The van der Waals surface area contributed by atoms with E-state index in [2.05, 4.69) is 0 Å². The second-order valence-electron chi connectivity index (χ2n) is 4.61. The van der Waals surface area contributed by atoms with Crippen molar-refractivity contribution < 1.29 is 28.6 Å². The van der Waals surface area contributed by atoms with Crippen molar-refractivity contribution in [3.8, 4) is 11.1 Å². The van der Waals surface area contributed by atoms with Crippen LogP contribution < -0.4 is 0 Å². The molecule has 2 atom stereocenters. The smallest absolute Gasteiger partial charge is 0.343 e. The van der Waals surface area contributed by atoms with Gasteiger partial charge in [0, 0.05) is 11.1 Å². The zero-order valence-electron chi connectivity index (χ0n) is 11.2. The van der Waals surface area contributed by atoms with Gasteiger partial charge in [-0.25, -0.2) is 18.4 Å². The number of carbonyl (C=O) groups is 2. The summed E-state index contributed by atoms with van der Waals surface area (Å²) in [7, 11) is 0. The molecule has 22 heavy (non-hydrogen) atoms. The molecule has 0 aromatic heterocycles. The van der Waals surface area contributed by atoms with Crippen LogP contribution in [0.25, 0.3) is 11.1 Å². The van der Waals surface area contributed by atoms with Crippen LogP contribution in [0.2, 0.25) is 0 Å². The first-order valence-electron chi connectivity index (χ1n) is 6.35. The fourth-order valence-corrected chi connectivity index (χ4v) is 2.10. The van der Waals surface area contributed by atoms with Crippen LogP contribution in [-0.2, 0) is 9.59 Å². The Morgan fingerprint density at radius 2 is 1.32 bits per heavy atom. The average molecular weight is 306 g/mol. The van der Waals surface area contributed by atoms with Gasteiger partial charge < -0.3 is 10.2 Å². The predicted molar refractivity (Wildman–Crippen MR) is 74.8 cm³/mol. The first-order valence-corrected chi connectivity index (χ1v) is 6.35. The van der Waals surface area contributed by atoms with Crippen LogP contribution >= 0.6 is 0 Å². The van der Waals surface area contributed by atoms with Gasteiger partial charge in [0.05, 0.1) is 0 Å². The van der Waals surface area contributed by atoms with E-state index in [4.69, 9.17) is 10.2 Å². The van der Waals surface area contributed by atoms with Crippen molar-refractivity contribution in [3.05, 3.63) is 59.7 Å². The fourth-order valence-electron chi connectivity index (χ4n) is 2.10. The average Bonchev–Trinajstić information content (AvgIpc) is 2.53. The van der Waals surface area contributed by atoms with Crippen LogP contribution in [0.4, 0.5) is 8.78 Å². The molecule has 0 radical (unpaired) electrons. The Bertz CT molecular complexity index is 701. The third kappa shape index (κ3) is 3.11. The topological polar surface area (TPSA) is 74.6 Å². The lowest BCUT2D eigenvalue weighted by Crippen LogP contribution is -2.14. The van der Waals surface area contributed by atoms with E-state index in [9.17, 15) is 18.4 Å². The van der Waals surface area contributed by atoms with Crippen molar-refractivity contribution >= 4 is 11.9 Å². The number of carboxylic acid groups (broad SMARTS) is 2. The molecule has 0 spiro atoms. The molecule has 2 aromatic rings. The van der Waals surface area contributed by atoms with Gasteiger partial charge in [0.2, 0.25) is 12.3 Å². The van der Waals surface area contributed by atoms with Crippen molar-refractivity contribution in [2.45, 2.75) is 12.3 Å². The van der Waals surface area contributed by atoms with Crippen molar-refractivity contribution in [1.82, 2.24) is 0 Å². The zero-order valence-corrected chi connectivity index (χ0v) is 11.2. The normalized spacial score (nSPS) is 13.4. The molecule has 2 aromatic carbocycles. The molecule has 0 bridgehead atoms. The van der Waals surface area contributed by atoms with E-state index in [0.29, 0.717) is 11.1 Å². The summed E-state index contributed by atoms with van der Waals surface area (Å²) < 4.78 is 27.6. The van der Waals surface area contributed by atoms with E-state index in [-0.39, 0.29) is 0 Å². The third-order valence-electron chi connectivity index (χ3n) is 3.17. The third-order valence-corrected chi connectivity index (χ3v) is 3.17. The molecule has 2 N–H and O–H groups in total. The molecule has 0 fully saturated rings. The maximum atomic E-state index is 13.9. The van der Waals surface area contributed by atoms with Crippen LogP contribution in [0.15, 0.2) is 48.5 Å². The number of hydrogen-bond acceptors (Lipinski definition) is 2. The molecule has 0 saturated carbocycles. The van der Waals surface area contributed by atoms with E-state index in [1.165, 1.54) is 12.1 Å². The zero-order chi connectivity index (χ0) is 16.3. The van der Waals surface area contributed by atoms with Crippen LogP contribution in [0, 0.1) is 0 Å². The molecule has 0 saturated heterocycles. The summed E-state index contributed by atoms with van der Waals surface area (Å²) in [6.45, 7) is 0. The summed E-state index contributed by atoms with van der Waals surface area (Å²) in [5, 5.41) is 17.5. The maximum absolute atomic E-state index is 13.9. The van der Waals surface area contributed by atoms with E-state index in [0.717, 1.165) is 6.07 Å². The summed E-state index contributed by atoms with van der Waals surface area (Å²) in [5.74, 6) is -3.60. The number of rotatable bonds is 5. The molecular formula is C16H12F2O4. The Labute approximate surface area is 124 Å². The summed E-state index contributed by atoms with van der Waals surface area (Å²) >= 11 is 0. The van der Waals surface area contributed by atoms with Gasteiger partial charge in [-0.3, -0.25) is 0 Å². The number of aliphatic carboxylic acids is 2. The second-order valence-corrected chi connectivity index (χ2v) is 4.61. The van der Waals surface area contributed by atoms with Crippen LogP contribution in [-0.4, -0.2) is 22.2 Å². The van der Waals surface area contributed by atoms with Crippen LogP contribution in [0.5, 0.6) is 0 Å². The standard InChI is InChI=1S/C16H12F2O4/c17-13(15(19)20)11-7-6-10(9-4-2-1-3-5-9)8-12(11)14(18)16(21)22/h1-8,13-14H,(H,19,20)(H,21,22). The van der Waals surface area contributed by atoms with Gasteiger partial charge in [-0.1, -0.05) is 42.5 Å². The molecule has 0 amide bonds. The number of carboxylic acids is 2. The Hall–Kier alpha value is -2.76. The lowest BCUT2D eigenvalue weighted by atomic mass is 9.94. The monoisotopic (exact) mass is 306 g/mol. The van der Waals surface area contributed by atoms with Gasteiger partial charge in [0.25, 0.3) is 0 Å². The van der Waals surface area contributed by atoms with Gasteiger partial charge in [-0.15, -0.1) is 0 Å². The number of halogens is 2. The van der Waals surface area contributed by atoms with Gasteiger partial charge in [0.15, 0.2) is 0 Å². The first-order chi connectivity index (χ1) is 10.4. The highest BCUT2D eigenvalue weighted by molar-refractivity contribution is 5.80. The number of benzene rings is 2. The summed E-state index contributed by atoms with van der Waals surface area (Å²) in [6.07, 6.45) is -4.99. The molecule has 2 rings (SSSR count). The van der Waals surface area contributed by atoms with Crippen LogP contribution in [0.3, 0.4) is 0 Å². The minimum absolute atomic E-state index is 0.473. The quantitative estimate of drug-likeness (QED) is 0.886. The predicted octanol–water partition coefficient (Wildman–Crippen LogP) is 3.54. The lowest BCUT2D eigenvalue weighted by Gasteiger charge is -2.14. The first kappa shape index (κ1) is 15.6. The second kappa shape index (κ2) is 6.34. The Kier molecular flexibility index (Phi) is 4.50. The molecule has 114 valence electrons. The molecule has 6 heteroatoms. The Morgan fingerprint density at radius 3 is 1.86 bits per heavy atom. The summed E-state index contributed by atoms with van der Waals surface area (Å²) in [6, 6.07) is 12.4. The minimum Gasteiger partial charge on any atom is -0.479 e. The van der Waals surface area contributed by atoms with Gasteiger partial charge in [0.1, 0.15) is 0 Å². The number of hydrogen-bond donors (Lipinski definition) is 2. The van der Waals surface area contributed by atoms with Gasteiger partial charge in [-0.2, -0.15) is 0 Å². The fraction of sp³-hybridized carbons (Fsp3) is 0.125. The van der Waals surface area contributed by atoms with E-state index in [1.54, 1.807) is 30.3 Å². The Balaban J connectivity index is 2.57. The van der Waals surface area contributed by atoms with Crippen molar-refractivity contribution in [2.75, 3.05) is 0 Å². The van der Waals surface area contributed by atoms with Gasteiger partial charge in [-0.05, 0) is 17.2 Å². The number of alkyl halides is 2. The molecule has 0 aliphatic rings. The van der Waals surface area contributed by atoms with Gasteiger partial charge >= 0.3 is 11.9 Å². The molecule has 2 unspecified atom stereocenters. The van der Waals surface area contributed by atoms with Crippen molar-refractivity contribution in [2.24, 2.45) is 0 Å². The largest absolute Gasteiger partial charge is 0.479 e. The molecule has 0 heterocycles. The lowest BCUT2D eigenvalue weighted by molar-refractivity contribution is -0.145. The van der Waals surface area contributed by atoms with Crippen LogP contribution in [0.1, 0.15) is 23.5 Å². The summed E-state index contributed by atoms with van der Waals surface area (Å²) in [4.78, 5) is 21.6. The van der Waals surface area contributed by atoms with E-state index in [1.807, 2.05) is 0 Å². The molecule has 0 aliphatic heterocycles. The summed E-state index contributed by atoms with van der Waals surface area (Å²) in [5.41, 5.74) is 0.158. The highest BCUT2D eigenvalue weighted by atomic mass is 19.1. The molecule has 4 nitrogen and oxygen atoms in total. The maximum Gasteiger partial charge on any atom is 0.343 e. The SMILES string of the molecule is O=C(O)C(F)c1ccc(-c2ccccc2)cc1C(F)C(=O)O. The van der Waals surface area contributed by atoms with E-state index >= 15 is 0 Å². The molecule has 0 aliphatic carbocycles. The Morgan fingerprint density at radius 1 is 0.773 bits per heavy atom. The highest BCUT2D eigenvalue weighted by Crippen LogP contribution is 2.33. The molecular weight excluding hydrogens is 294 g/mol. The van der Waals surface area contributed by atoms with Crippen molar-refractivity contribution in [3.63, 3.8) is 0 Å².